The van der Waals surface area contributed by atoms with Gasteiger partial charge in [0.15, 0.2) is 0 Å². The van der Waals surface area contributed by atoms with Crippen LogP contribution in [0.5, 0.6) is 5.75 Å². The van der Waals surface area contributed by atoms with E-state index >= 15 is 0 Å². The van der Waals surface area contributed by atoms with Gasteiger partial charge in [-0.3, -0.25) is 0 Å². The number of aliphatic hydroxyl groups is 1. The maximum Gasteiger partial charge on any atom is 0.120 e. The second kappa shape index (κ2) is 8.70. The second-order valence-corrected chi connectivity index (χ2v) is 6.32. The van der Waals surface area contributed by atoms with E-state index in [-0.39, 0.29) is 12.0 Å². The standard InChI is InChI=1S/C20H26O3/c1-20(2,16-22-13-7-12-21)18-10-6-11-19(14-18)23-15-17-8-4-3-5-9-17/h3-6,8-11,14,21H,7,12-13,15-16H2,1-2H3. The van der Waals surface area contributed by atoms with E-state index in [1.165, 1.54) is 5.56 Å². The molecule has 0 spiro atoms. The molecule has 0 aliphatic rings. The van der Waals surface area contributed by atoms with Gasteiger partial charge in [-0.15, -0.1) is 0 Å². The van der Waals surface area contributed by atoms with Gasteiger partial charge >= 0.3 is 0 Å². The highest BCUT2D eigenvalue weighted by molar-refractivity contribution is 5.33. The van der Waals surface area contributed by atoms with E-state index in [0.29, 0.717) is 26.2 Å². The van der Waals surface area contributed by atoms with Crippen LogP contribution < -0.4 is 4.74 Å². The molecule has 0 fully saturated rings. The molecule has 1 N–H and O–H groups in total. The van der Waals surface area contributed by atoms with Crippen LogP contribution in [0.2, 0.25) is 0 Å². The maximum absolute atomic E-state index is 8.81. The van der Waals surface area contributed by atoms with Crippen LogP contribution in [0.25, 0.3) is 0 Å². The van der Waals surface area contributed by atoms with Crippen molar-refractivity contribution in [2.24, 2.45) is 0 Å². The van der Waals surface area contributed by atoms with Gasteiger partial charge in [0.2, 0.25) is 0 Å². The molecule has 0 bridgehead atoms. The molecule has 3 heteroatoms. The van der Waals surface area contributed by atoms with Crippen LogP contribution in [0, 0.1) is 0 Å². The molecule has 0 amide bonds. The van der Waals surface area contributed by atoms with Crippen molar-refractivity contribution in [1.82, 2.24) is 0 Å². The number of ether oxygens (including phenoxy) is 2. The van der Waals surface area contributed by atoms with Gasteiger partial charge < -0.3 is 14.6 Å². The van der Waals surface area contributed by atoms with Gasteiger partial charge in [0.05, 0.1) is 6.61 Å². The van der Waals surface area contributed by atoms with Crippen molar-refractivity contribution < 1.29 is 14.6 Å². The summed E-state index contributed by atoms with van der Waals surface area (Å²) in [6.07, 6.45) is 0.677. The van der Waals surface area contributed by atoms with Gasteiger partial charge in [-0.05, 0) is 29.7 Å². The zero-order valence-electron chi connectivity index (χ0n) is 14.0. The number of benzene rings is 2. The number of hydrogen-bond donors (Lipinski definition) is 1. The summed E-state index contributed by atoms with van der Waals surface area (Å²) in [5.41, 5.74) is 2.25. The summed E-state index contributed by atoms with van der Waals surface area (Å²) < 4.78 is 11.6. The van der Waals surface area contributed by atoms with Crippen LogP contribution in [0.1, 0.15) is 31.4 Å². The SMILES string of the molecule is CC(C)(COCCCO)c1cccc(OCc2ccccc2)c1. The molecule has 2 aromatic rings. The molecule has 124 valence electrons. The monoisotopic (exact) mass is 314 g/mol. The highest BCUT2D eigenvalue weighted by atomic mass is 16.5. The van der Waals surface area contributed by atoms with Gasteiger partial charge in [-0.1, -0.05) is 56.3 Å². The van der Waals surface area contributed by atoms with Crippen molar-refractivity contribution in [2.75, 3.05) is 19.8 Å². The summed E-state index contributed by atoms with van der Waals surface area (Å²) in [5, 5.41) is 8.81. The van der Waals surface area contributed by atoms with E-state index in [0.717, 1.165) is 11.3 Å². The largest absolute Gasteiger partial charge is 0.489 e. The Kier molecular flexibility index (Phi) is 6.63. The van der Waals surface area contributed by atoms with Crippen LogP contribution >= 0.6 is 0 Å². The lowest BCUT2D eigenvalue weighted by atomic mass is 9.85. The van der Waals surface area contributed by atoms with Crippen molar-refractivity contribution in [3.05, 3.63) is 65.7 Å². The summed E-state index contributed by atoms with van der Waals surface area (Å²) in [7, 11) is 0. The minimum absolute atomic E-state index is 0.0957. The Morgan fingerprint density at radius 3 is 2.52 bits per heavy atom. The molecule has 2 rings (SSSR count). The molecule has 23 heavy (non-hydrogen) atoms. The molecule has 0 atom stereocenters. The smallest absolute Gasteiger partial charge is 0.120 e. The first-order chi connectivity index (χ1) is 11.1. The molecule has 3 nitrogen and oxygen atoms in total. The maximum atomic E-state index is 8.81. The zero-order valence-corrected chi connectivity index (χ0v) is 14.0. The van der Waals surface area contributed by atoms with Gasteiger partial charge in [-0.25, -0.2) is 0 Å². The first kappa shape index (κ1) is 17.5. The van der Waals surface area contributed by atoms with E-state index in [9.17, 15) is 0 Å². The summed E-state index contributed by atoms with van der Waals surface area (Å²) in [5.74, 6) is 0.870. The van der Waals surface area contributed by atoms with Gasteiger partial charge in [0, 0.05) is 18.6 Å². The fraction of sp³-hybridized carbons (Fsp3) is 0.400. The molecule has 0 aliphatic carbocycles. The molecule has 2 aromatic carbocycles. The Labute approximate surface area is 138 Å². The lowest BCUT2D eigenvalue weighted by molar-refractivity contribution is 0.0824. The first-order valence-corrected chi connectivity index (χ1v) is 8.08. The predicted octanol–water partition coefficient (Wildman–Crippen LogP) is 3.94. The number of rotatable bonds is 9. The first-order valence-electron chi connectivity index (χ1n) is 8.08. The normalized spacial score (nSPS) is 11.4. The Balaban J connectivity index is 1.95. The zero-order chi connectivity index (χ0) is 16.5. The second-order valence-electron chi connectivity index (χ2n) is 6.32. The fourth-order valence-corrected chi connectivity index (χ4v) is 2.33. The molecule has 0 aromatic heterocycles. The minimum Gasteiger partial charge on any atom is -0.489 e. The van der Waals surface area contributed by atoms with Crippen LogP contribution in [0.4, 0.5) is 0 Å². The molecule has 0 unspecified atom stereocenters. The predicted molar refractivity (Wildman–Crippen MR) is 92.8 cm³/mol. The number of hydrogen-bond acceptors (Lipinski definition) is 3. The Bertz CT molecular complexity index is 578. The number of aliphatic hydroxyl groups excluding tert-OH is 1. The van der Waals surface area contributed by atoms with Crippen LogP contribution in [0.3, 0.4) is 0 Å². The van der Waals surface area contributed by atoms with Crippen molar-refractivity contribution in [3.8, 4) is 5.75 Å². The fourth-order valence-electron chi connectivity index (χ4n) is 2.33. The third-order valence-corrected chi connectivity index (χ3v) is 3.77. The summed E-state index contributed by atoms with van der Waals surface area (Å²) in [6, 6.07) is 18.3. The highest BCUT2D eigenvalue weighted by Gasteiger charge is 2.21. The lowest BCUT2D eigenvalue weighted by Crippen LogP contribution is -2.24. The van der Waals surface area contributed by atoms with Crippen molar-refractivity contribution in [3.63, 3.8) is 0 Å². The average molecular weight is 314 g/mol. The summed E-state index contributed by atoms with van der Waals surface area (Å²) in [4.78, 5) is 0. The van der Waals surface area contributed by atoms with E-state index < -0.39 is 0 Å². The molecule has 0 saturated carbocycles. The van der Waals surface area contributed by atoms with E-state index in [4.69, 9.17) is 14.6 Å². The third-order valence-electron chi connectivity index (χ3n) is 3.77. The van der Waals surface area contributed by atoms with Crippen molar-refractivity contribution >= 4 is 0 Å². The topological polar surface area (TPSA) is 38.7 Å². The van der Waals surface area contributed by atoms with Gasteiger partial charge in [0.25, 0.3) is 0 Å². The van der Waals surface area contributed by atoms with Gasteiger partial charge in [0.1, 0.15) is 12.4 Å². The Morgan fingerprint density at radius 1 is 1.00 bits per heavy atom. The Hall–Kier alpha value is -1.84. The van der Waals surface area contributed by atoms with Crippen LogP contribution in [-0.4, -0.2) is 24.9 Å². The van der Waals surface area contributed by atoms with Crippen molar-refractivity contribution in [2.45, 2.75) is 32.3 Å². The molecular weight excluding hydrogens is 288 g/mol. The molecule has 0 aliphatic heterocycles. The highest BCUT2D eigenvalue weighted by Crippen LogP contribution is 2.27. The van der Waals surface area contributed by atoms with Crippen LogP contribution in [0.15, 0.2) is 54.6 Å². The van der Waals surface area contributed by atoms with Crippen molar-refractivity contribution in [1.29, 1.82) is 0 Å². The van der Waals surface area contributed by atoms with E-state index in [1.807, 2.05) is 30.3 Å². The third kappa shape index (κ3) is 5.70. The summed E-state index contributed by atoms with van der Waals surface area (Å²) >= 11 is 0. The average Bonchev–Trinajstić information content (AvgIpc) is 2.58. The van der Waals surface area contributed by atoms with Gasteiger partial charge in [-0.2, -0.15) is 0 Å². The van der Waals surface area contributed by atoms with Crippen LogP contribution in [-0.2, 0) is 16.8 Å². The minimum atomic E-state index is -0.0957. The lowest BCUT2D eigenvalue weighted by Gasteiger charge is -2.25. The molecule has 0 radical (unpaired) electrons. The summed E-state index contributed by atoms with van der Waals surface area (Å²) in [6.45, 7) is 6.25. The van der Waals surface area contributed by atoms with E-state index in [2.05, 4.69) is 38.1 Å². The molecular formula is C20H26O3. The molecule has 0 saturated heterocycles. The van der Waals surface area contributed by atoms with E-state index in [1.54, 1.807) is 0 Å². The molecule has 0 heterocycles. The Morgan fingerprint density at radius 2 is 1.78 bits per heavy atom. The quantitative estimate of drug-likeness (QED) is 0.712.